The topological polar surface area (TPSA) is 41.6 Å². The lowest BCUT2D eigenvalue weighted by molar-refractivity contribution is 0.842. The molecule has 86 valence electrons. The van der Waals surface area contributed by atoms with Gasteiger partial charge in [0.2, 0.25) is 0 Å². The third kappa shape index (κ3) is 2.14. The van der Waals surface area contributed by atoms with Crippen LogP contribution in [-0.4, -0.2) is 9.78 Å². The fourth-order valence-corrected chi connectivity index (χ4v) is 1.96. The SMILES string of the molecule is CCc1nn(-c2ccc(Cl)cc2)c(Cl)c1C#N. The number of rotatable bonds is 2. The van der Waals surface area contributed by atoms with E-state index in [1.165, 1.54) is 0 Å². The van der Waals surface area contributed by atoms with Gasteiger partial charge in [0, 0.05) is 5.02 Å². The molecule has 0 aliphatic heterocycles. The molecule has 3 nitrogen and oxygen atoms in total. The number of hydrogen-bond donors (Lipinski definition) is 0. The number of nitriles is 1. The van der Waals surface area contributed by atoms with Gasteiger partial charge in [-0.05, 0) is 30.7 Å². The normalized spacial score (nSPS) is 10.2. The molecule has 5 heteroatoms. The van der Waals surface area contributed by atoms with Crippen molar-refractivity contribution in [2.75, 3.05) is 0 Å². The van der Waals surface area contributed by atoms with Crippen molar-refractivity contribution >= 4 is 23.2 Å². The average molecular weight is 266 g/mol. The second-order valence-corrected chi connectivity index (χ2v) is 4.26. The first-order valence-corrected chi connectivity index (χ1v) is 5.86. The van der Waals surface area contributed by atoms with Crippen LogP contribution in [0.3, 0.4) is 0 Å². The van der Waals surface area contributed by atoms with Crippen LogP contribution in [0.4, 0.5) is 0 Å². The van der Waals surface area contributed by atoms with Crippen LogP contribution in [-0.2, 0) is 6.42 Å². The summed E-state index contributed by atoms with van der Waals surface area (Å²) in [5.74, 6) is 0. The zero-order chi connectivity index (χ0) is 12.4. The lowest BCUT2D eigenvalue weighted by Gasteiger charge is -2.02. The van der Waals surface area contributed by atoms with Crippen molar-refractivity contribution in [2.24, 2.45) is 0 Å². The van der Waals surface area contributed by atoms with Crippen LogP contribution in [0.2, 0.25) is 10.2 Å². The lowest BCUT2D eigenvalue weighted by Crippen LogP contribution is -1.96. The van der Waals surface area contributed by atoms with Crippen LogP contribution in [0, 0.1) is 11.3 Å². The van der Waals surface area contributed by atoms with Crippen LogP contribution in [0.15, 0.2) is 24.3 Å². The number of halogens is 2. The minimum Gasteiger partial charge on any atom is -0.221 e. The fourth-order valence-electron chi connectivity index (χ4n) is 1.55. The van der Waals surface area contributed by atoms with Crippen molar-refractivity contribution in [2.45, 2.75) is 13.3 Å². The fraction of sp³-hybridized carbons (Fsp3) is 0.167. The predicted molar refractivity (Wildman–Crippen MR) is 67.7 cm³/mol. The maximum atomic E-state index is 9.03. The number of nitrogens with zero attached hydrogens (tertiary/aromatic N) is 3. The van der Waals surface area contributed by atoms with E-state index in [1.54, 1.807) is 16.8 Å². The maximum Gasteiger partial charge on any atom is 0.150 e. The number of aromatic nitrogens is 2. The minimum absolute atomic E-state index is 0.340. The number of hydrogen-bond acceptors (Lipinski definition) is 2. The Labute approximate surface area is 109 Å². The van der Waals surface area contributed by atoms with Crippen LogP contribution >= 0.6 is 23.2 Å². The molecular weight excluding hydrogens is 257 g/mol. The molecule has 0 amide bonds. The first-order valence-electron chi connectivity index (χ1n) is 5.10. The van der Waals surface area contributed by atoms with Crippen molar-refractivity contribution in [3.05, 3.63) is 45.7 Å². The molecule has 0 fully saturated rings. The van der Waals surface area contributed by atoms with E-state index in [4.69, 9.17) is 28.5 Å². The summed E-state index contributed by atoms with van der Waals surface area (Å²) in [4.78, 5) is 0. The Morgan fingerprint density at radius 2 is 1.94 bits per heavy atom. The Morgan fingerprint density at radius 1 is 1.29 bits per heavy atom. The molecule has 0 N–H and O–H groups in total. The molecule has 0 aliphatic rings. The molecule has 0 saturated carbocycles. The van der Waals surface area contributed by atoms with Crippen molar-refractivity contribution in [1.82, 2.24) is 9.78 Å². The second-order valence-electron chi connectivity index (χ2n) is 3.47. The van der Waals surface area contributed by atoms with E-state index < -0.39 is 0 Å². The molecule has 0 unspecified atom stereocenters. The highest BCUT2D eigenvalue weighted by Gasteiger charge is 2.15. The highest BCUT2D eigenvalue weighted by atomic mass is 35.5. The largest absolute Gasteiger partial charge is 0.221 e. The molecule has 0 radical (unpaired) electrons. The van der Waals surface area contributed by atoms with Gasteiger partial charge < -0.3 is 0 Å². The standard InChI is InChI=1S/C12H9Cl2N3/c1-2-11-10(7-15)12(14)17(16-11)9-5-3-8(13)4-6-9/h3-6H,2H2,1H3. The second kappa shape index (κ2) is 4.79. The monoisotopic (exact) mass is 265 g/mol. The van der Waals surface area contributed by atoms with Gasteiger partial charge >= 0.3 is 0 Å². The van der Waals surface area contributed by atoms with E-state index in [2.05, 4.69) is 11.2 Å². The molecule has 2 rings (SSSR count). The summed E-state index contributed by atoms with van der Waals surface area (Å²) in [6, 6.07) is 9.20. The first kappa shape index (κ1) is 12.0. The third-order valence-corrected chi connectivity index (χ3v) is 3.02. The van der Waals surface area contributed by atoms with Gasteiger partial charge in [0.05, 0.1) is 11.4 Å². The van der Waals surface area contributed by atoms with Crippen LogP contribution in [0.25, 0.3) is 5.69 Å². The molecule has 0 spiro atoms. The number of aryl methyl sites for hydroxylation is 1. The molecule has 17 heavy (non-hydrogen) atoms. The molecule has 1 aromatic heterocycles. The summed E-state index contributed by atoms with van der Waals surface area (Å²) in [5, 5.41) is 14.3. The Kier molecular flexibility index (Phi) is 3.37. The van der Waals surface area contributed by atoms with E-state index in [1.807, 2.05) is 19.1 Å². The smallest absolute Gasteiger partial charge is 0.150 e. The molecule has 0 saturated heterocycles. The Hall–Kier alpha value is -1.50. The molecule has 2 aromatic rings. The number of benzene rings is 1. The van der Waals surface area contributed by atoms with Crippen LogP contribution in [0.5, 0.6) is 0 Å². The van der Waals surface area contributed by atoms with Gasteiger partial charge in [-0.1, -0.05) is 30.1 Å². The highest BCUT2D eigenvalue weighted by Crippen LogP contribution is 2.24. The first-order chi connectivity index (χ1) is 8.17. The summed E-state index contributed by atoms with van der Waals surface area (Å²) >= 11 is 11.9. The minimum atomic E-state index is 0.340. The summed E-state index contributed by atoms with van der Waals surface area (Å²) < 4.78 is 1.55. The molecule has 0 bridgehead atoms. The summed E-state index contributed by atoms with van der Waals surface area (Å²) in [6.07, 6.45) is 0.670. The average Bonchev–Trinajstić information content (AvgIpc) is 2.66. The summed E-state index contributed by atoms with van der Waals surface area (Å²) in [7, 11) is 0. The van der Waals surface area contributed by atoms with Crippen molar-refractivity contribution in [1.29, 1.82) is 5.26 Å². The molecular formula is C12H9Cl2N3. The van der Waals surface area contributed by atoms with Gasteiger partial charge in [-0.25, -0.2) is 4.68 Å². The van der Waals surface area contributed by atoms with Crippen molar-refractivity contribution in [3.8, 4) is 11.8 Å². The molecule has 1 aromatic carbocycles. The van der Waals surface area contributed by atoms with Crippen molar-refractivity contribution in [3.63, 3.8) is 0 Å². The summed E-state index contributed by atoms with van der Waals surface area (Å²) in [6.45, 7) is 1.94. The van der Waals surface area contributed by atoms with Gasteiger partial charge in [-0.3, -0.25) is 0 Å². The summed E-state index contributed by atoms with van der Waals surface area (Å²) in [5.41, 5.74) is 1.92. The zero-order valence-corrected chi connectivity index (χ0v) is 10.6. The van der Waals surface area contributed by atoms with E-state index in [-0.39, 0.29) is 0 Å². The Balaban J connectivity index is 2.57. The van der Waals surface area contributed by atoms with E-state index >= 15 is 0 Å². The maximum absolute atomic E-state index is 9.03. The van der Waals surface area contributed by atoms with Gasteiger partial charge in [-0.2, -0.15) is 10.4 Å². The highest BCUT2D eigenvalue weighted by molar-refractivity contribution is 6.31. The van der Waals surface area contributed by atoms with E-state index in [0.717, 1.165) is 5.69 Å². The zero-order valence-electron chi connectivity index (χ0n) is 9.11. The van der Waals surface area contributed by atoms with Gasteiger partial charge in [0.15, 0.2) is 5.15 Å². The van der Waals surface area contributed by atoms with Crippen LogP contribution in [0.1, 0.15) is 18.2 Å². The Morgan fingerprint density at radius 3 is 2.41 bits per heavy atom. The van der Waals surface area contributed by atoms with Gasteiger partial charge in [0.25, 0.3) is 0 Å². The Bertz CT molecular complexity index is 579. The van der Waals surface area contributed by atoms with Crippen LogP contribution < -0.4 is 0 Å². The van der Waals surface area contributed by atoms with E-state index in [9.17, 15) is 0 Å². The molecule has 0 aliphatic carbocycles. The molecule has 0 atom stereocenters. The quantitative estimate of drug-likeness (QED) is 0.833. The van der Waals surface area contributed by atoms with Crippen molar-refractivity contribution < 1.29 is 0 Å². The van der Waals surface area contributed by atoms with Gasteiger partial charge in [-0.15, -0.1) is 0 Å². The van der Waals surface area contributed by atoms with E-state index in [0.29, 0.717) is 27.9 Å². The lowest BCUT2D eigenvalue weighted by atomic mass is 10.2. The molecule has 1 heterocycles. The van der Waals surface area contributed by atoms with Gasteiger partial charge in [0.1, 0.15) is 11.6 Å². The third-order valence-electron chi connectivity index (χ3n) is 2.42. The predicted octanol–water partition coefficient (Wildman–Crippen LogP) is 3.61.